The second kappa shape index (κ2) is 7.95. The summed E-state index contributed by atoms with van der Waals surface area (Å²) >= 11 is 1.43. The molecule has 0 bridgehead atoms. The van der Waals surface area contributed by atoms with Crippen LogP contribution in [0, 0.1) is 5.41 Å². The van der Waals surface area contributed by atoms with Crippen LogP contribution in [0.25, 0.3) is 6.08 Å². The monoisotopic (exact) mass is 345 g/mol. The lowest BCUT2D eigenvalue weighted by atomic mass is 9.72. The molecule has 1 aliphatic carbocycles. The van der Waals surface area contributed by atoms with Crippen LogP contribution in [0.3, 0.4) is 0 Å². The Bertz CT molecular complexity index is 692. The van der Waals surface area contributed by atoms with Gasteiger partial charge in [-0.15, -0.1) is 11.3 Å². The maximum Gasteiger partial charge on any atom is 0.263 e. The van der Waals surface area contributed by atoms with Crippen LogP contribution in [0.1, 0.15) is 61.5 Å². The number of amides is 1. The van der Waals surface area contributed by atoms with E-state index in [-0.39, 0.29) is 18.1 Å². The number of hydrogen-bond donors (Lipinski definition) is 2. The first-order valence-corrected chi connectivity index (χ1v) is 9.20. The van der Waals surface area contributed by atoms with E-state index in [2.05, 4.69) is 51.2 Å². The van der Waals surface area contributed by atoms with Crippen molar-refractivity contribution >= 4 is 23.3 Å². The molecule has 1 aromatic rings. The molecule has 3 nitrogen and oxygen atoms in total. The summed E-state index contributed by atoms with van der Waals surface area (Å²) in [5.41, 5.74) is 4.36. The molecule has 0 aliphatic heterocycles. The van der Waals surface area contributed by atoms with Crippen molar-refractivity contribution < 1.29 is 9.90 Å². The number of thiophene rings is 1. The first-order chi connectivity index (χ1) is 11.3. The van der Waals surface area contributed by atoms with E-state index in [1.165, 1.54) is 41.7 Å². The van der Waals surface area contributed by atoms with Crippen LogP contribution in [0.15, 0.2) is 41.0 Å². The van der Waals surface area contributed by atoms with Crippen LogP contribution in [0.2, 0.25) is 0 Å². The highest BCUT2D eigenvalue weighted by molar-refractivity contribution is 7.14. The summed E-state index contributed by atoms with van der Waals surface area (Å²) in [6, 6.07) is 3.72. The molecule has 1 aliphatic rings. The SMILES string of the molecule is CC(C=CC1=C(C)CCCC1(C)C)=Cc1ccc(C(=O)NCO)s1. The minimum Gasteiger partial charge on any atom is -0.376 e. The van der Waals surface area contributed by atoms with Crippen molar-refractivity contribution in [3.63, 3.8) is 0 Å². The average molecular weight is 346 g/mol. The number of carbonyl (C=O) groups excluding carboxylic acids is 1. The van der Waals surface area contributed by atoms with Gasteiger partial charge >= 0.3 is 0 Å². The zero-order chi connectivity index (χ0) is 17.7. The third kappa shape index (κ3) is 4.68. The summed E-state index contributed by atoms with van der Waals surface area (Å²) in [6.07, 6.45) is 10.2. The van der Waals surface area contributed by atoms with E-state index in [1.54, 1.807) is 6.07 Å². The summed E-state index contributed by atoms with van der Waals surface area (Å²) in [5.74, 6) is -0.236. The highest BCUT2D eigenvalue weighted by atomic mass is 32.1. The Morgan fingerprint density at radius 2 is 2.17 bits per heavy atom. The summed E-state index contributed by atoms with van der Waals surface area (Å²) in [6.45, 7) is 8.62. The molecule has 2 rings (SSSR count). The van der Waals surface area contributed by atoms with E-state index in [4.69, 9.17) is 5.11 Å². The number of allylic oxidation sites excluding steroid dienone is 5. The first kappa shape index (κ1) is 18.7. The molecular weight excluding hydrogens is 318 g/mol. The number of carbonyl (C=O) groups is 1. The molecule has 24 heavy (non-hydrogen) atoms. The van der Waals surface area contributed by atoms with Gasteiger partial charge in [0.1, 0.15) is 6.73 Å². The Hall–Kier alpha value is -1.65. The van der Waals surface area contributed by atoms with Crippen LogP contribution < -0.4 is 5.32 Å². The van der Waals surface area contributed by atoms with Crippen molar-refractivity contribution in [1.82, 2.24) is 5.32 Å². The van der Waals surface area contributed by atoms with Crippen LogP contribution in [0.4, 0.5) is 0 Å². The minimum atomic E-state index is -0.339. The van der Waals surface area contributed by atoms with Gasteiger partial charge in [-0.3, -0.25) is 4.79 Å². The standard InChI is InChI=1S/C20H27NO2S/c1-14(7-9-17-15(2)6-5-11-20(17,3)4)12-16-8-10-18(24-16)19(23)21-13-22/h7-10,12,22H,5-6,11,13H2,1-4H3,(H,21,23). The third-order valence-electron chi connectivity index (χ3n) is 4.52. The number of aliphatic hydroxyl groups excluding tert-OH is 1. The molecular formula is C20H27NO2S. The predicted molar refractivity (Wildman–Crippen MR) is 102 cm³/mol. The van der Waals surface area contributed by atoms with Gasteiger partial charge < -0.3 is 10.4 Å². The van der Waals surface area contributed by atoms with E-state index < -0.39 is 0 Å². The summed E-state index contributed by atoms with van der Waals surface area (Å²) < 4.78 is 0. The van der Waals surface area contributed by atoms with Crippen molar-refractivity contribution in [1.29, 1.82) is 0 Å². The van der Waals surface area contributed by atoms with Gasteiger partial charge in [-0.25, -0.2) is 0 Å². The average Bonchev–Trinajstić information content (AvgIpc) is 2.95. The quantitative estimate of drug-likeness (QED) is 0.588. The number of aliphatic hydroxyl groups is 1. The summed E-state index contributed by atoms with van der Waals surface area (Å²) in [4.78, 5) is 13.3. The van der Waals surface area contributed by atoms with Crippen LogP contribution >= 0.6 is 11.3 Å². The number of hydrogen-bond acceptors (Lipinski definition) is 3. The van der Waals surface area contributed by atoms with Gasteiger partial charge in [0.15, 0.2) is 0 Å². The minimum absolute atomic E-state index is 0.236. The molecule has 0 saturated carbocycles. The summed E-state index contributed by atoms with van der Waals surface area (Å²) in [7, 11) is 0. The van der Waals surface area contributed by atoms with E-state index in [0.717, 1.165) is 10.5 Å². The topological polar surface area (TPSA) is 49.3 Å². The van der Waals surface area contributed by atoms with E-state index in [0.29, 0.717) is 4.88 Å². The lowest BCUT2D eigenvalue weighted by molar-refractivity contribution is 0.0914. The maximum atomic E-state index is 11.7. The maximum absolute atomic E-state index is 11.7. The molecule has 130 valence electrons. The van der Waals surface area contributed by atoms with Gasteiger partial charge in [0.2, 0.25) is 0 Å². The molecule has 2 N–H and O–H groups in total. The van der Waals surface area contributed by atoms with E-state index >= 15 is 0 Å². The summed E-state index contributed by atoms with van der Waals surface area (Å²) in [5, 5.41) is 11.2. The Labute approximate surface area is 148 Å². The van der Waals surface area contributed by atoms with Crippen molar-refractivity contribution in [3.05, 3.63) is 50.8 Å². The zero-order valence-corrected chi connectivity index (χ0v) is 15.8. The molecule has 4 heteroatoms. The second-order valence-electron chi connectivity index (χ2n) is 7.02. The van der Waals surface area contributed by atoms with Crippen molar-refractivity contribution in [3.8, 4) is 0 Å². The molecule has 0 spiro atoms. The Kier molecular flexibility index (Phi) is 6.19. The van der Waals surface area contributed by atoms with Crippen molar-refractivity contribution in [2.24, 2.45) is 5.41 Å². The van der Waals surface area contributed by atoms with E-state index in [1.807, 2.05) is 6.07 Å². The first-order valence-electron chi connectivity index (χ1n) is 8.39. The highest BCUT2D eigenvalue weighted by Gasteiger charge is 2.26. The lowest BCUT2D eigenvalue weighted by Crippen LogP contribution is -2.22. The molecule has 1 heterocycles. The lowest BCUT2D eigenvalue weighted by Gasteiger charge is -2.32. The fraction of sp³-hybridized carbons (Fsp3) is 0.450. The van der Waals surface area contributed by atoms with Crippen molar-refractivity contribution in [2.75, 3.05) is 6.73 Å². The fourth-order valence-electron chi connectivity index (χ4n) is 3.21. The molecule has 0 saturated heterocycles. The Morgan fingerprint density at radius 3 is 2.83 bits per heavy atom. The van der Waals surface area contributed by atoms with Crippen LogP contribution in [-0.2, 0) is 0 Å². The largest absolute Gasteiger partial charge is 0.376 e. The van der Waals surface area contributed by atoms with Gasteiger partial charge in [-0.05, 0) is 67.9 Å². The molecule has 1 amide bonds. The number of rotatable bonds is 5. The van der Waals surface area contributed by atoms with Crippen LogP contribution in [-0.4, -0.2) is 17.7 Å². The fourth-order valence-corrected chi connectivity index (χ4v) is 4.14. The highest BCUT2D eigenvalue weighted by Crippen LogP contribution is 2.40. The molecule has 0 radical (unpaired) electrons. The second-order valence-corrected chi connectivity index (χ2v) is 8.13. The van der Waals surface area contributed by atoms with Gasteiger partial charge in [-0.1, -0.05) is 31.6 Å². The Morgan fingerprint density at radius 1 is 1.42 bits per heavy atom. The predicted octanol–water partition coefficient (Wildman–Crippen LogP) is 4.91. The normalized spacial score (nSPS) is 18.3. The molecule has 0 fully saturated rings. The van der Waals surface area contributed by atoms with Gasteiger partial charge in [-0.2, -0.15) is 0 Å². The van der Waals surface area contributed by atoms with E-state index in [9.17, 15) is 4.79 Å². The van der Waals surface area contributed by atoms with Gasteiger partial charge in [0.25, 0.3) is 5.91 Å². The van der Waals surface area contributed by atoms with Gasteiger partial charge in [0, 0.05) is 4.88 Å². The molecule has 1 aromatic heterocycles. The molecule has 0 atom stereocenters. The Balaban J connectivity index is 2.13. The third-order valence-corrected chi connectivity index (χ3v) is 5.55. The molecule has 0 unspecified atom stereocenters. The van der Waals surface area contributed by atoms with Crippen LogP contribution in [0.5, 0.6) is 0 Å². The molecule has 0 aromatic carbocycles. The van der Waals surface area contributed by atoms with Crippen molar-refractivity contribution in [2.45, 2.75) is 47.0 Å². The van der Waals surface area contributed by atoms with Gasteiger partial charge in [0.05, 0.1) is 4.88 Å². The zero-order valence-electron chi connectivity index (χ0n) is 15.0. The number of nitrogens with one attached hydrogen (secondary N) is 1. The smallest absolute Gasteiger partial charge is 0.263 e.